The average Bonchev–Trinajstić information content (AvgIpc) is 4.07. The van der Waals surface area contributed by atoms with Gasteiger partial charge in [0.15, 0.2) is 34.4 Å². The van der Waals surface area contributed by atoms with Gasteiger partial charge >= 0.3 is 51.4 Å². The third-order valence-corrected chi connectivity index (χ3v) is 23.8. The van der Waals surface area contributed by atoms with E-state index >= 15 is 0 Å². The van der Waals surface area contributed by atoms with Crippen molar-refractivity contribution in [3.05, 3.63) is 132 Å². The first-order valence-electron chi connectivity index (χ1n) is 24.5. The number of hydrogen-bond acceptors (Lipinski definition) is 11. The zero-order valence-electron chi connectivity index (χ0n) is 45.6. The van der Waals surface area contributed by atoms with Crippen LogP contribution in [-0.2, 0) is 18.3 Å². The van der Waals surface area contributed by atoms with E-state index in [0.717, 1.165) is 21.3 Å². The molecule has 2 saturated heterocycles. The van der Waals surface area contributed by atoms with Crippen LogP contribution in [0.1, 0.15) is 128 Å². The van der Waals surface area contributed by atoms with Crippen LogP contribution in [0.4, 0.5) is 11.6 Å². The Morgan fingerprint density at radius 2 is 1.08 bits per heavy atom. The van der Waals surface area contributed by atoms with Crippen LogP contribution in [0.15, 0.2) is 110 Å². The SMILES string of the molecule is C.C=C1O[C@@H](c2ccc3c(NC(=O)c4ccccc4)ncnn23)[C@H](O[Si](C)(C)C(C)(C)C)[C@@H]1C.CC(C)(C)[O-].C[C@H]1[C@@H](O[Si](C)(C)C(C)(C)C)[C@H](c2ccc3c(NC(=O)c4ccccc4)ncnn23)O[C@@H]1CI.[K+]. The van der Waals surface area contributed by atoms with E-state index in [4.69, 9.17) is 18.3 Å². The summed E-state index contributed by atoms with van der Waals surface area (Å²) in [6, 6.07) is 26.0. The number of carbonyl (C=O) groups excluding carboxylic acids is 2. The second kappa shape index (κ2) is 25.5. The summed E-state index contributed by atoms with van der Waals surface area (Å²) >= 11 is 2.39. The minimum absolute atomic E-state index is 0. The molecule has 6 heterocycles. The number of hydrogen-bond donors (Lipinski definition) is 2. The number of halogens is 1. The molecule has 15 nitrogen and oxygen atoms in total. The second-order valence-corrected chi connectivity index (χ2v) is 33.1. The fraction of sp³-hybridized carbons (Fsp3) is 0.491. The maximum Gasteiger partial charge on any atom is 1.00 e. The van der Waals surface area contributed by atoms with E-state index in [-0.39, 0.29) is 123 Å². The Hall–Kier alpha value is -3.20. The summed E-state index contributed by atoms with van der Waals surface area (Å²) in [6.45, 7) is 35.8. The number of amides is 2. The van der Waals surface area contributed by atoms with Crippen molar-refractivity contribution < 1.29 is 84.4 Å². The number of fused-ring (bicyclic) bond motifs is 2. The van der Waals surface area contributed by atoms with E-state index in [2.05, 4.69) is 142 Å². The quantitative estimate of drug-likeness (QED) is 0.0718. The molecule has 0 unspecified atom stereocenters. The van der Waals surface area contributed by atoms with E-state index in [1.54, 1.807) is 49.6 Å². The number of ether oxygens (including phenoxy) is 2. The third kappa shape index (κ3) is 15.1. The normalized spacial score (nSPS) is 21.0. The van der Waals surface area contributed by atoms with Crippen molar-refractivity contribution in [1.29, 1.82) is 0 Å². The van der Waals surface area contributed by atoms with Crippen LogP contribution in [0.3, 0.4) is 0 Å². The molecule has 6 aromatic rings. The molecule has 2 amide bonds. The van der Waals surface area contributed by atoms with Gasteiger partial charge in [-0.2, -0.15) is 10.2 Å². The molecule has 396 valence electrons. The van der Waals surface area contributed by atoms with Crippen LogP contribution < -0.4 is 67.1 Å². The number of nitrogens with zero attached hydrogens (tertiary/aromatic N) is 6. The first-order valence-corrected chi connectivity index (χ1v) is 31.9. The number of benzene rings is 2. The maximum atomic E-state index is 12.7. The Bertz CT molecular complexity index is 2820. The molecule has 2 aliphatic heterocycles. The Labute approximate surface area is 497 Å². The van der Waals surface area contributed by atoms with Gasteiger partial charge in [-0.1, -0.05) is 149 Å². The minimum Gasteiger partial charge on any atom is -0.850 e. The summed E-state index contributed by atoms with van der Waals surface area (Å²) < 4.78 is 31.0. The van der Waals surface area contributed by atoms with Crippen molar-refractivity contribution >= 4 is 73.7 Å². The molecule has 2 N–H and O–H groups in total. The molecule has 0 aliphatic carbocycles. The monoisotopic (exact) mass is 1180 g/mol. The molecular weight excluding hydrogens is 1110 g/mol. The van der Waals surface area contributed by atoms with Gasteiger partial charge in [0.1, 0.15) is 29.8 Å². The zero-order valence-corrected chi connectivity index (χ0v) is 52.9. The van der Waals surface area contributed by atoms with Gasteiger partial charge in [-0.25, -0.2) is 19.0 Å². The Balaban J connectivity index is 0.000000287. The van der Waals surface area contributed by atoms with Crippen molar-refractivity contribution in [3.63, 3.8) is 0 Å². The number of rotatable bonds is 11. The van der Waals surface area contributed by atoms with Crippen LogP contribution >= 0.6 is 22.6 Å². The molecule has 2 aromatic carbocycles. The summed E-state index contributed by atoms with van der Waals surface area (Å²) in [6.07, 6.45) is 2.16. The van der Waals surface area contributed by atoms with Crippen molar-refractivity contribution in [3.8, 4) is 0 Å². The number of anilines is 2. The molecule has 19 heteroatoms. The van der Waals surface area contributed by atoms with Crippen LogP contribution in [0.2, 0.25) is 36.3 Å². The van der Waals surface area contributed by atoms with Crippen LogP contribution in [0.5, 0.6) is 0 Å². The number of carbonyl (C=O) groups is 2. The topological polar surface area (TPSA) is 179 Å². The Kier molecular flexibility index (Phi) is 21.8. The average molecular weight is 1190 g/mol. The second-order valence-electron chi connectivity index (χ2n) is 22.7. The molecular formula is C55H78IKN8O7Si2. The summed E-state index contributed by atoms with van der Waals surface area (Å²) in [5, 5.41) is 25.1. The molecule has 4 aromatic heterocycles. The van der Waals surface area contributed by atoms with E-state index < -0.39 is 22.2 Å². The zero-order chi connectivity index (χ0) is 53.1. The number of nitrogens with one attached hydrogen (secondary N) is 2. The van der Waals surface area contributed by atoms with Gasteiger partial charge in [0, 0.05) is 27.4 Å². The molecule has 0 saturated carbocycles. The minimum atomic E-state index is -2.05. The van der Waals surface area contributed by atoms with Gasteiger partial charge in [0.2, 0.25) is 0 Å². The van der Waals surface area contributed by atoms with E-state index in [1.807, 2.05) is 65.2 Å². The predicted octanol–water partition coefficient (Wildman–Crippen LogP) is 9.26. The molecule has 0 spiro atoms. The third-order valence-electron chi connectivity index (χ3n) is 14.0. The molecule has 2 fully saturated rings. The summed E-state index contributed by atoms with van der Waals surface area (Å²) in [5.41, 5.74) is 3.56. The fourth-order valence-electron chi connectivity index (χ4n) is 7.74. The maximum absolute atomic E-state index is 12.7. The molecule has 0 bridgehead atoms. The molecule has 2 aliphatic rings. The predicted molar refractivity (Wildman–Crippen MR) is 303 cm³/mol. The van der Waals surface area contributed by atoms with Gasteiger partial charge in [0.25, 0.3) is 11.8 Å². The smallest absolute Gasteiger partial charge is 0.850 e. The van der Waals surface area contributed by atoms with Gasteiger partial charge in [0.05, 0.1) is 35.5 Å². The van der Waals surface area contributed by atoms with Crippen molar-refractivity contribution in [2.45, 2.75) is 156 Å². The van der Waals surface area contributed by atoms with Crippen LogP contribution in [0, 0.1) is 11.8 Å². The molecule has 8 rings (SSSR count). The van der Waals surface area contributed by atoms with Crippen molar-refractivity contribution in [2.75, 3.05) is 15.1 Å². The summed E-state index contributed by atoms with van der Waals surface area (Å²) in [5.74, 6) is 1.49. The summed E-state index contributed by atoms with van der Waals surface area (Å²) in [7, 11) is -4.08. The first kappa shape index (κ1) is 63.3. The fourth-order valence-corrected chi connectivity index (χ4v) is 11.5. The van der Waals surface area contributed by atoms with Crippen LogP contribution in [-0.4, -0.2) is 86.0 Å². The van der Waals surface area contributed by atoms with Crippen molar-refractivity contribution in [1.82, 2.24) is 29.2 Å². The largest absolute Gasteiger partial charge is 1.00 e. The first-order chi connectivity index (χ1) is 33.5. The van der Waals surface area contributed by atoms with Crippen molar-refractivity contribution in [2.24, 2.45) is 11.8 Å². The molecule has 0 radical (unpaired) electrons. The van der Waals surface area contributed by atoms with E-state index in [1.165, 1.54) is 12.7 Å². The van der Waals surface area contributed by atoms with Gasteiger partial charge in [-0.3, -0.25) is 9.59 Å². The Morgan fingerprint density at radius 1 is 0.689 bits per heavy atom. The standard InChI is InChI=1S/C25H33IN4O3Si.C25H32N4O3Si.C4H9O.CH4.K/c1-16-20(14-26)32-22(21(16)33-34(5,6)25(2,3)4)18-12-13-19-23(27-15-28-30(18)19)29-24(31)17-10-8-7-9-11-17;1-16-17(2)31-22(21(16)32-33(6,7)25(3,4)5)19-13-14-20-23(26-15-27-29(19)20)28-24(30)18-11-9-8-10-12-18;1-4(2,3)5;;/h7-13,15-16,20-22H,14H2,1-6H3,(H,27,28,29,31);8-16,21-22H,2H2,1,3-7H3,(H,26,27,28,30);1-3H3;1H4;/q;;-1;;+1/t16-,20-,21-,22+;16-,21-,22+;;;/m11.../s1. The molecule has 7 atom stereocenters. The van der Waals surface area contributed by atoms with E-state index in [0.29, 0.717) is 34.0 Å². The number of alkyl halides is 1. The number of aromatic nitrogens is 6. The van der Waals surface area contributed by atoms with Gasteiger partial charge in [-0.15, -0.1) is 5.60 Å². The van der Waals surface area contributed by atoms with Crippen LogP contribution in [0.25, 0.3) is 11.0 Å². The van der Waals surface area contributed by atoms with E-state index in [9.17, 15) is 14.7 Å². The summed E-state index contributed by atoms with van der Waals surface area (Å²) in [4.78, 5) is 34.0. The van der Waals surface area contributed by atoms with Gasteiger partial charge < -0.3 is 34.1 Å². The van der Waals surface area contributed by atoms with Gasteiger partial charge in [-0.05, 0) is 84.8 Å². The Morgan fingerprint density at radius 3 is 1.47 bits per heavy atom. The molecule has 74 heavy (non-hydrogen) atoms.